The van der Waals surface area contributed by atoms with Crippen LogP contribution in [0.1, 0.15) is 17.5 Å². The van der Waals surface area contributed by atoms with Crippen LogP contribution in [0.3, 0.4) is 0 Å². The summed E-state index contributed by atoms with van der Waals surface area (Å²) >= 11 is 3.32. The zero-order chi connectivity index (χ0) is 10.7. The van der Waals surface area contributed by atoms with Crippen molar-refractivity contribution in [3.63, 3.8) is 0 Å². The van der Waals surface area contributed by atoms with Crippen LogP contribution in [0.15, 0.2) is 18.2 Å². The molecule has 0 bridgehead atoms. The maximum absolute atomic E-state index is 11.1. The van der Waals surface area contributed by atoms with Gasteiger partial charge in [-0.3, -0.25) is 4.79 Å². The van der Waals surface area contributed by atoms with Crippen molar-refractivity contribution < 1.29 is 4.79 Å². The van der Waals surface area contributed by atoms with E-state index in [9.17, 15) is 4.79 Å². The van der Waals surface area contributed by atoms with E-state index in [2.05, 4.69) is 33.1 Å². The first-order chi connectivity index (χ1) is 7.29. The molecular formula is C12H10BrNO. The number of benzene rings is 1. The third kappa shape index (κ3) is 2.40. The summed E-state index contributed by atoms with van der Waals surface area (Å²) in [6.45, 7) is 0. The summed E-state index contributed by atoms with van der Waals surface area (Å²) in [5, 5.41) is 3.70. The van der Waals surface area contributed by atoms with Gasteiger partial charge in [0, 0.05) is 23.0 Å². The van der Waals surface area contributed by atoms with Crippen molar-refractivity contribution in [3.05, 3.63) is 29.3 Å². The second kappa shape index (κ2) is 4.50. The summed E-state index contributed by atoms with van der Waals surface area (Å²) in [6, 6.07) is 5.85. The van der Waals surface area contributed by atoms with E-state index in [-0.39, 0.29) is 5.91 Å². The largest absolute Gasteiger partial charge is 0.325 e. The molecule has 76 valence electrons. The number of amides is 1. The second-order valence-corrected chi connectivity index (χ2v) is 4.13. The molecular weight excluding hydrogens is 254 g/mol. The molecule has 1 amide bonds. The van der Waals surface area contributed by atoms with Gasteiger partial charge in [-0.05, 0) is 17.7 Å². The molecule has 1 aromatic carbocycles. The van der Waals surface area contributed by atoms with Gasteiger partial charge in [-0.25, -0.2) is 0 Å². The third-order valence-corrected chi connectivity index (χ3v) is 2.58. The Morgan fingerprint density at radius 3 is 3.13 bits per heavy atom. The van der Waals surface area contributed by atoms with Gasteiger partial charge in [0.2, 0.25) is 5.91 Å². The normalized spacial score (nSPS) is 12.7. The molecule has 1 heterocycles. The highest BCUT2D eigenvalue weighted by atomic mass is 79.9. The first-order valence-electron chi connectivity index (χ1n) is 4.77. The number of rotatable bonds is 1. The zero-order valence-electron chi connectivity index (χ0n) is 8.14. The molecule has 1 aliphatic heterocycles. The van der Waals surface area contributed by atoms with Gasteiger partial charge in [-0.1, -0.05) is 33.8 Å². The molecule has 0 unspecified atom stereocenters. The van der Waals surface area contributed by atoms with Crippen molar-refractivity contribution >= 4 is 27.5 Å². The van der Waals surface area contributed by atoms with Crippen molar-refractivity contribution in [1.82, 2.24) is 0 Å². The fraction of sp³-hybridized carbons (Fsp3) is 0.250. The van der Waals surface area contributed by atoms with E-state index in [1.165, 1.54) is 0 Å². The molecule has 0 spiro atoms. The lowest BCUT2D eigenvalue weighted by atomic mass is 10.1. The number of nitrogens with one attached hydrogen (secondary N) is 1. The summed E-state index contributed by atoms with van der Waals surface area (Å²) in [7, 11) is 0. The van der Waals surface area contributed by atoms with Gasteiger partial charge in [-0.15, -0.1) is 0 Å². The highest BCUT2D eigenvalue weighted by molar-refractivity contribution is 9.09. The number of halogens is 1. The highest BCUT2D eigenvalue weighted by Crippen LogP contribution is 2.23. The lowest BCUT2D eigenvalue weighted by Crippen LogP contribution is -2.03. The van der Waals surface area contributed by atoms with Gasteiger partial charge in [-0.2, -0.15) is 0 Å². The molecule has 0 saturated heterocycles. The van der Waals surface area contributed by atoms with Crippen LogP contribution in [-0.2, 0) is 11.2 Å². The smallest absolute Gasteiger partial charge is 0.228 e. The predicted molar refractivity (Wildman–Crippen MR) is 64.1 cm³/mol. The maximum Gasteiger partial charge on any atom is 0.228 e. The number of hydrogen-bond donors (Lipinski definition) is 1. The number of fused-ring (bicyclic) bond motifs is 1. The number of anilines is 1. The summed E-state index contributed by atoms with van der Waals surface area (Å²) < 4.78 is 0. The van der Waals surface area contributed by atoms with E-state index >= 15 is 0 Å². The molecule has 0 radical (unpaired) electrons. The molecule has 0 fully saturated rings. The second-order valence-electron chi connectivity index (χ2n) is 3.34. The van der Waals surface area contributed by atoms with E-state index in [0.29, 0.717) is 6.42 Å². The fourth-order valence-electron chi connectivity index (χ4n) is 1.50. The fourth-order valence-corrected chi connectivity index (χ4v) is 1.70. The monoisotopic (exact) mass is 263 g/mol. The van der Waals surface area contributed by atoms with E-state index in [1.807, 2.05) is 18.2 Å². The summed E-state index contributed by atoms with van der Waals surface area (Å²) in [4.78, 5) is 11.1. The van der Waals surface area contributed by atoms with Crippen LogP contribution in [0.5, 0.6) is 0 Å². The topological polar surface area (TPSA) is 29.1 Å². The van der Waals surface area contributed by atoms with Gasteiger partial charge in [0.25, 0.3) is 0 Å². The van der Waals surface area contributed by atoms with Crippen LogP contribution >= 0.6 is 15.9 Å². The first kappa shape index (κ1) is 10.3. The van der Waals surface area contributed by atoms with Crippen LogP contribution in [0.25, 0.3) is 0 Å². The van der Waals surface area contributed by atoms with Crippen LogP contribution < -0.4 is 5.32 Å². The number of alkyl halides is 1. The van der Waals surface area contributed by atoms with Crippen LogP contribution in [0.2, 0.25) is 0 Å². The van der Waals surface area contributed by atoms with Gasteiger partial charge < -0.3 is 5.32 Å². The van der Waals surface area contributed by atoms with E-state index in [0.717, 1.165) is 28.6 Å². The van der Waals surface area contributed by atoms with Gasteiger partial charge in [0.1, 0.15) is 0 Å². The minimum atomic E-state index is 0.0653. The SMILES string of the molecule is O=C1Cc2ccc(C#CCCBr)cc2N1. The molecule has 2 rings (SSSR count). The molecule has 0 aromatic heterocycles. The Hall–Kier alpha value is -1.27. The number of carbonyl (C=O) groups is 1. The van der Waals surface area contributed by atoms with Crippen molar-refractivity contribution in [3.8, 4) is 11.8 Å². The van der Waals surface area contributed by atoms with Gasteiger partial charge in [0.05, 0.1) is 6.42 Å². The van der Waals surface area contributed by atoms with Crippen LogP contribution in [0.4, 0.5) is 5.69 Å². The van der Waals surface area contributed by atoms with Crippen LogP contribution in [0, 0.1) is 11.8 Å². The molecule has 1 N–H and O–H groups in total. The molecule has 1 aromatic rings. The standard InChI is InChI=1S/C12H10BrNO/c13-6-2-1-3-9-4-5-10-8-12(15)14-11(10)7-9/h4-5,7H,2,6,8H2,(H,14,15). The van der Waals surface area contributed by atoms with E-state index in [1.54, 1.807) is 0 Å². The third-order valence-electron chi connectivity index (χ3n) is 2.19. The molecule has 0 saturated carbocycles. The maximum atomic E-state index is 11.1. The van der Waals surface area contributed by atoms with E-state index in [4.69, 9.17) is 0 Å². The Balaban J connectivity index is 2.21. The quantitative estimate of drug-likeness (QED) is 0.612. The minimum absolute atomic E-state index is 0.0653. The summed E-state index contributed by atoms with van der Waals surface area (Å²) in [5.41, 5.74) is 2.92. The van der Waals surface area contributed by atoms with Crippen molar-refractivity contribution in [2.75, 3.05) is 10.6 Å². The molecule has 1 aliphatic rings. The average molecular weight is 264 g/mol. The molecule has 0 aliphatic carbocycles. The van der Waals surface area contributed by atoms with Crippen molar-refractivity contribution in [2.24, 2.45) is 0 Å². The Morgan fingerprint density at radius 1 is 1.47 bits per heavy atom. The van der Waals surface area contributed by atoms with Gasteiger partial charge >= 0.3 is 0 Å². The predicted octanol–water partition coefficient (Wildman–Crippen LogP) is 2.32. The average Bonchev–Trinajstić information content (AvgIpc) is 2.57. The first-order valence-corrected chi connectivity index (χ1v) is 5.89. The van der Waals surface area contributed by atoms with Gasteiger partial charge in [0.15, 0.2) is 0 Å². The Morgan fingerprint density at radius 2 is 2.33 bits per heavy atom. The number of carbonyl (C=O) groups excluding carboxylic acids is 1. The lowest BCUT2D eigenvalue weighted by Gasteiger charge is -1.97. The summed E-state index contributed by atoms with van der Waals surface area (Å²) in [6.07, 6.45) is 1.33. The Kier molecular flexibility index (Phi) is 3.08. The van der Waals surface area contributed by atoms with Crippen molar-refractivity contribution in [1.29, 1.82) is 0 Å². The molecule has 15 heavy (non-hydrogen) atoms. The number of hydrogen-bond acceptors (Lipinski definition) is 1. The molecule has 3 heteroatoms. The van der Waals surface area contributed by atoms with Crippen molar-refractivity contribution in [2.45, 2.75) is 12.8 Å². The Bertz CT molecular complexity index is 456. The zero-order valence-corrected chi connectivity index (χ0v) is 9.73. The Labute approximate surface area is 97.2 Å². The highest BCUT2D eigenvalue weighted by Gasteiger charge is 2.16. The van der Waals surface area contributed by atoms with Crippen LogP contribution in [-0.4, -0.2) is 11.2 Å². The molecule has 2 nitrogen and oxygen atoms in total. The van der Waals surface area contributed by atoms with E-state index < -0.39 is 0 Å². The summed E-state index contributed by atoms with van der Waals surface area (Å²) in [5.74, 6) is 6.17. The molecule has 0 atom stereocenters. The lowest BCUT2D eigenvalue weighted by molar-refractivity contribution is -0.115. The minimum Gasteiger partial charge on any atom is -0.325 e.